The van der Waals surface area contributed by atoms with E-state index in [-0.39, 0.29) is 5.82 Å². The Morgan fingerprint density at radius 2 is 1.94 bits per heavy atom. The fourth-order valence-electron chi connectivity index (χ4n) is 1.40. The molecule has 0 atom stereocenters. The molecule has 82 valence electrons. The predicted molar refractivity (Wildman–Crippen MR) is 65.1 cm³/mol. The normalized spacial score (nSPS) is 10.3. The zero-order chi connectivity index (χ0) is 11.5. The summed E-state index contributed by atoms with van der Waals surface area (Å²) in [5.41, 5.74) is 13.4. The second-order valence-electron chi connectivity index (χ2n) is 3.48. The maximum Gasteiger partial charge on any atom is 0.169 e. The molecule has 4 nitrogen and oxygen atoms in total. The van der Waals surface area contributed by atoms with E-state index in [0.29, 0.717) is 17.1 Å². The number of nitrogen functional groups attached to an aromatic ring is 2. The van der Waals surface area contributed by atoms with Gasteiger partial charge in [-0.1, -0.05) is 23.7 Å². The lowest BCUT2D eigenvalue weighted by Gasteiger charge is -2.03. The van der Waals surface area contributed by atoms with Crippen LogP contribution in [0.4, 0.5) is 11.5 Å². The highest BCUT2D eigenvalue weighted by Crippen LogP contribution is 2.16. The second kappa shape index (κ2) is 4.37. The van der Waals surface area contributed by atoms with Gasteiger partial charge in [0.2, 0.25) is 0 Å². The van der Waals surface area contributed by atoms with E-state index in [0.717, 1.165) is 11.3 Å². The molecule has 0 aliphatic heterocycles. The largest absolute Gasteiger partial charge is 0.396 e. The lowest BCUT2D eigenvalue weighted by Crippen LogP contribution is -2.03. The highest BCUT2D eigenvalue weighted by molar-refractivity contribution is 6.30. The molecule has 0 fully saturated rings. The Hall–Kier alpha value is -1.81. The number of nitrogens with two attached hydrogens (primary N) is 2. The third-order valence-electron chi connectivity index (χ3n) is 2.18. The molecule has 1 aromatic heterocycles. The van der Waals surface area contributed by atoms with E-state index in [2.05, 4.69) is 10.2 Å². The summed E-state index contributed by atoms with van der Waals surface area (Å²) >= 11 is 5.89. The van der Waals surface area contributed by atoms with Crippen molar-refractivity contribution in [3.8, 4) is 0 Å². The molecule has 5 heteroatoms. The molecule has 2 rings (SSSR count). The maximum atomic E-state index is 5.89. The van der Waals surface area contributed by atoms with Crippen molar-refractivity contribution >= 4 is 23.1 Å². The summed E-state index contributed by atoms with van der Waals surface area (Å²) in [5.74, 6) is 0.259. The molecule has 16 heavy (non-hydrogen) atoms. The fourth-order valence-corrected chi connectivity index (χ4v) is 1.61. The monoisotopic (exact) mass is 234 g/mol. The van der Waals surface area contributed by atoms with Crippen LogP contribution in [0.1, 0.15) is 11.3 Å². The average Bonchev–Trinajstić information content (AvgIpc) is 2.24. The molecule has 1 aromatic carbocycles. The van der Waals surface area contributed by atoms with E-state index in [9.17, 15) is 0 Å². The van der Waals surface area contributed by atoms with Crippen LogP contribution in [0.3, 0.4) is 0 Å². The Kier molecular flexibility index (Phi) is 2.92. The Morgan fingerprint density at radius 1 is 1.12 bits per heavy atom. The summed E-state index contributed by atoms with van der Waals surface area (Å²) in [4.78, 5) is 0. The van der Waals surface area contributed by atoms with E-state index in [1.54, 1.807) is 6.07 Å². The Morgan fingerprint density at radius 3 is 2.62 bits per heavy atom. The van der Waals surface area contributed by atoms with Gasteiger partial charge in [0.1, 0.15) is 0 Å². The van der Waals surface area contributed by atoms with Gasteiger partial charge in [-0.3, -0.25) is 0 Å². The van der Waals surface area contributed by atoms with Crippen LogP contribution < -0.4 is 11.5 Å². The molecule has 0 spiro atoms. The van der Waals surface area contributed by atoms with Gasteiger partial charge in [-0.2, -0.15) is 5.10 Å². The van der Waals surface area contributed by atoms with Gasteiger partial charge in [-0.15, -0.1) is 5.10 Å². The Labute approximate surface area is 98.2 Å². The van der Waals surface area contributed by atoms with Crippen LogP contribution in [0.15, 0.2) is 30.3 Å². The first-order valence-corrected chi connectivity index (χ1v) is 5.15. The number of rotatable bonds is 2. The summed E-state index contributed by atoms with van der Waals surface area (Å²) in [6.07, 6.45) is 0.637. The van der Waals surface area contributed by atoms with Crippen LogP contribution >= 0.6 is 11.6 Å². The quantitative estimate of drug-likeness (QED) is 0.832. The molecular formula is C11H11ClN4. The number of halogens is 1. The number of anilines is 2. The number of hydrogen-bond acceptors (Lipinski definition) is 4. The topological polar surface area (TPSA) is 77.8 Å². The van der Waals surface area contributed by atoms with Gasteiger partial charge in [-0.25, -0.2) is 0 Å². The lowest BCUT2D eigenvalue weighted by molar-refractivity contribution is 0.947. The molecule has 0 radical (unpaired) electrons. The van der Waals surface area contributed by atoms with Crippen molar-refractivity contribution in [1.29, 1.82) is 0 Å². The van der Waals surface area contributed by atoms with Crippen molar-refractivity contribution in [3.63, 3.8) is 0 Å². The molecule has 0 bridgehead atoms. The SMILES string of the molecule is Nc1cc(Cc2cccc(Cl)c2)nnc1N. The van der Waals surface area contributed by atoms with Gasteiger partial charge < -0.3 is 11.5 Å². The molecule has 1 heterocycles. The zero-order valence-corrected chi connectivity index (χ0v) is 9.28. The van der Waals surface area contributed by atoms with Crippen molar-refractivity contribution in [2.75, 3.05) is 11.5 Å². The lowest BCUT2D eigenvalue weighted by atomic mass is 10.1. The number of nitrogens with zero attached hydrogens (tertiary/aromatic N) is 2. The van der Waals surface area contributed by atoms with Crippen LogP contribution in [-0.4, -0.2) is 10.2 Å². The first-order valence-electron chi connectivity index (χ1n) is 4.77. The van der Waals surface area contributed by atoms with Gasteiger partial charge >= 0.3 is 0 Å². The van der Waals surface area contributed by atoms with Crippen LogP contribution in [0, 0.1) is 0 Å². The summed E-state index contributed by atoms with van der Waals surface area (Å²) in [6.45, 7) is 0. The van der Waals surface area contributed by atoms with Gasteiger partial charge in [0, 0.05) is 11.4 Å². The highest BCUT2D eigenvalue weighted by Gasteiger charge is 2.02. The van der Waals surface area contributed by atoms with Crippen molar-refractivity contribution in [3.05, 3.63) is 46.6 Å². The average molecular weight is 235 g/mol. The maximum absolute atomic E-state index is 5.89. The zero-order valence-electron chi connectivity index (χ0n) is 8.52. The van der Waals surface area contributed by atoms with Gasteiger partial charge in [0.25, 0.3) is 0 Å². The van der Waals surface area contributed by atoms with Gasteiger partial charge in [-0.05, 0) is 23.8 Å². The van der Waals surface area contributed by atoms with Crippen LogP contribution in [0.25, 0.3) is 0 Å². The number of benzene rings is 1. The van der Waals surface area contributed by atoms with E-state index in [4.69, 9.17) is 23.1 Å². The third kappa shape index (κ3) is 2.41. The molecule has 2 aromatic rings. The number of hydrogen-bond donors (Lipinski definition) is 2. The summed E-state index contributed by atoms with van der Waals surface area (Å²) < 4.78 is 0. The minimum Gasteiger partial charge on any atom is -0.396 e. The van der Waals surface area contributed by atoms with E-state index in [1.807, 2.05) is 24.3 Å². The third-order valence-corrected chi connectivity index (χ3v) is 2.41. The number of aromatic nitrogens is 2. The van der Waals surface area contributed by atoms with Crippen molar-refractivity contribution in [1.82, 2.24) is 10.2 Å². The molecule has 0 amide bonds. The molecule has 0 aliphatic rings. The van der Waals surface area contributed by atoms with E-state index < -0.39 is 0 Å². The minimum atomic E-state index is 0.259. The fraction of sp³-hybridized carbons (Fsp3) is 0.0909. The summed E-state index contributed by atoms with van der Waals surface area (Å²) in [5, 5.41) is 8.44. The van der Waals surface area contributed by atoms with E-state index >= 15 is 0 Å². The highest BCUT2D eigenvalue weighted by atomic mass is 35.5. The van der Waals surface area contributed by atoms with Crippen molar-refractivity contribution in [2.24, 2.45) is 0 Å². The molecule has 0 saturated carbocycles. The molecule has 0 aliphatic carbocycles. The molecular weight excluding hydrogens is 224 g/mol. The van der Waals surface area contributed by atoms with Crippen molar-refractivity contribution in [2.45, 2.75) is 6.42 Å². The van der Waals surface area contributed by atoms with Gasteiger partial charge in [0.05, 0.1) is 11.4 Å². The van der Waals surface area contributed by atoms with Gasteiger partial charge in [0.15, 0.2) is 5.82 Å². The first-order chi connectivity index (χ1) is 7.65. The summed E-state index contributed by atoms with van der Waals surface area (Å²) in [7, 11) is 0. The van der Waals surface area contributed by atoms with Crippen LogP contribution in [0.2, 0.25) is 5.02 Å². The Bertz CT molecular complexity index is 513. The van der Waals surface area contributed by atoms with E-state index in [1.165, 1.54) is 0 Å². The van der Waals surface area contributed by atoms with Crippen molar-refractivity contribution < 1.29 is 0 Å². The smallest absolute Gasteiger partial charge is 0.169 e. The molecule has 4 N–H and O–H groups in total. The van der Waals surface area contributed by atoms with Crippen LogP contribution in [-0.2, 0) is 6.42 Å². The summed E-state index contributed by atoms with van der Waals surface area (Å²) in [6, 6.07) is 9.30. The van der Waals surface area contributed by atoms with Crippen LogP contribution in [0.5, 0.6) is 0 Å². The molecule has 0 unspecified atom stereocenters. The minimum absolute atomic E-state index is 0.259. The standard InChI is InChI=1S/C11H11ClN4/c12-8-3-1-2-7(4-8)5-9-6-10(13)11(14)16-15-9/h1-4,6H,5H2,(H2,13,15)(H2,14,16). The second-order valence-corrected chi connectivity index (χ2v) is 3.92. The molecule has 0 saturated heterocycles. The predicted octanol–water partition coefficient (Wildman–Crippen LogP) is 1.89. The first kappa shape index (κ1) is 10.7. The Balaban J connectivity index is 2.24.